The first kappa shape index (κ1) is 19.1. The number of carbonyl (C=O) groups is 2. The summed E-state index contributed by atoms with van der Waals surface area (Å²) in [6.07, 6.45) is 3.93. The molecular formula is C19H17ClN2O4S. The van der Waals surface area contributed by atoms with E-state index in [1.165, 1.54) is 17.5 Å². The van der Waals surface area contributed by atoms with Crippen molar-refractivity contribution < 1.29 is 19.8 Å². The van der Waals surface area contributed by atoms with Gasteiger partial charge < -0.3 is 14.8 Å². The van der Waals surface area contributed by atoms with Gasteiger partial charge in [0.25, 0.3) is 0 Å². The number of carbonyl (C=O) groups excluding carboxylic acids is 1. The summed E-state index contributed by atoms with van der Waals surface area (Å²) in [5.41, 5.74) is 1.50. The summed E-state index contributed by atoms with van der Waals surface area (Å²) < 4.78 is 1.63. The van der Waals surface area contributed by atoms with Gasteiger partial charge in [0, 0.05) is 42.7 Å². The normalized spacial score (nSPS) is 10.9. The molecule has 2 N–H and O–H groups in total. The van der Waals surface area contributed by atoms with Gasteiger partial charge in [-0.25, -0.2) is 9.78 Å². The Morgan fingerprint density at radius 2 is 1.93 bits per heavy atom. The number of thiazole rings is 1. The number of benzene rings is 1. The van der Waals surface area contributed by atoms with Crippen LogP contribution in [0.3, 0.4) is 0 Å². The van der Waals surface area contributed by atoms with Gasteiger partial charge in [-0.15, -0.1) is 11.3 Å². The number of aromatic nitrogens is 2. The molecule has 0 aliphatic heterocycles. The van der Waals surface area contributed by atoms with E-state index in [4.69, 9.17) is 11.6 Å². The third-order valence-electron chi connectivity index (χ3n) is 4.05. The van der Waals surface area contributed by atoms with Crippen molar-refractivity contribution >= 4 is 34.7 Å². The monoisotopic (exact) mass is 404 g/mol. The van der Waals surface area contributed by atoms with Crippen molar-refractivity contribution in [3.63, 3.8) is 0 Å². The molecule has 140 valence electrons. The Hall–Kier alpha value is -2.64. The van der Waals surface area contributed by atoms with E-state index in [0.717, 1.165) is 15.4 Å². The zero-order valence-corrected chi connectivity index (χ0v) is 16.0. The average molecular weight is 405 g/mol. The molecule has 1 aromatic carbocycles. The first-order valence-corrected chi connectivity index (χ1v) is 9.37. The molecule has 0 aliphatic carbocycles. The third kappa shape index (κ3) is 4.56. The molecule has 3 rings (SSSR count). The van der Waals surface area contributed by atoms with Gasteiger partial charge in [0.05, 0.1) is 5.56 Å². The predicted octanol–water partition coefficient (Wildman–Crippen LogP) is 3.95. The largest absolute Gasteiger partial charge is 0.508 e. The lowest BCUT2D eigenvalue weighted by Crippen LogP contribution is -2.07. The Bertz CT molecular complexity index is 992. The van der Waals surface area contributed by atoms with Gasteiger partial charge in [-0.05, 0) is 36.2 Å². The number of aromatic hydroxyl groups is 1. The standard InChI is InChI=1S/C19H17ClN2O4S/c1-22-9-12(15(10-22)19(25)26)8-14(24)6-7-16-17(20)21-18(27-16)11-2-4-13(23)5-3-11/h2-5,9-10,23H,6-8H2,1H3,(H,25,26). The second kappa shape index (κ2) is 7.94. The number of aryl methyl sites for hydroxylation is 2. The summed E-state index contributed by atoms with van der Waals surface area (Å²) in [5.74, 6) is -0.921. The van der Waals surface area contributed by atoms with E-state index in [0.29, 0.717) is 17.1 Å². The molecule has 0 atom stereocenters. The highest BCUT2D eigenvalue weighted by molar-refractivity contribution is 7.15. The van der Waals surface area contributed by atoms with Crippen LogP contribution in [0.25, 0.3) is 10.6 Å². The minimum atomic E-state index is -1.04. The number of phenols is 1. The maximum absolute atomic E-state index is 12.3. The number of halogens is 1. The van der Waals surface area contributed by atoms with E-state index in [1.54, 1.807) is 42.1 Å². The van der Waals surface area contributed by atoms with Crippen molar-refractivity contribution in [2.45, 2.75) is 19.3 Å². The van der Waals surface area contributed by atoms with Crippen molar-refractivity contribution in [1.82, 2.24) is 9.55 Å². The Labute approximate surface area is 164 Å². The van der Waals surface area contributed by atoms with E-state index >= 15 is 0 Å². The lowest BCUT2D eigenvalue weighted by Gasteiger charge is -2.00. The number of nitrogens with zero attached hydrogens (tertiary/aromatic N) is 2. The number of carboxylic acids is 1. The smallest absolute Gasteiger partial charge is 0.337 e. The maximum Gasteiger partial charge on any atom is 0.337 e. The number of aromatic carboxylic acids is 1. The number of phenolic OH excluding ortho intramolecular Hbond substituents is 1. The Kier molecular flexibility index (Phi) is 5.62. The van der Waals surface area contributed by atoms with Gasteiger partial charge in [-0.2, -0.15) is 0 Å². The predicted molar refractivity (Wildman–Crippen MR) is 104 cm³/mol. The van der Waals surface area contributed by atoms with Gasteiger partial charge in [-0.3, -0.25) is 4.79 Å². The van der Waals surface area contributed by atoms with Crippen LogP contribution in [0.2, 0.25) is 5.15 Å². The van der Waals surface area contributed by atoms with E-state index in [1.807, 2.05) is 0 Å². The minimum absolute atomic E-state index is 0.0562. The van der Waals surface area contributed by atoms with Crippen molar-refractivity contribution in [3.05, 3.63) is 57.8 Å². The van der Waals surface area contributed by atoms with Crippen molar-refractivity contribution in [2.75, 3.05) is 0 Å². The van der Waals surface area contributed by atoms with Crippen molar-refractivity contribution in [1.29, 1.82) is 0 Å². The Balaban J connectivity index is 1.66. The SMILES string of the molecule is Cn1cc(CC(=O)CCc2sc(-c3ccc(O)cc3)nc2Cl)c(C(=O)O)c1. The summed E-state index contributed by atoms with van der Waals surface area (Å²) >= 11 is 7.60. The highest BCUT2D eigenvalue weighted by atomic mass is 35.5. The van der Waals surface area contributed by atoms with Crippen LogP contribution in [0, 0.1) is 0 Å². The van der Waals surface area contributed by atoms with Crippen LogP contribution in [0.5, 0.6) is 5.75 Å². The number of carboxylic acid groups (broad SMARTS) is 1. The minimum Gasteiger partial charge on any atom is -0.508 e. The van der Waals surface area contributed by atoms with Crippen LogP contribution in [0.4, 0.5) is 0 Å². The zero-order valence-electron chi connectivity index (χ0n) is 14.5. The summed E-state index contributed by atoms with van der Waals surface area (Å²) in [5, 5.41) is 19.7. The van der Waals surface area contributed by atoms with E-state index in [-0.39, 0.29) is 29.9 Å². The van der Waals surface area contributed by atoms with Gasteiger partial charge in [0.1, 0.15) is 21.7 Å². The van der Waals surface area contributed by atoms with Crippen molar-refractivity contribution in [3.8, 4) is 16.3 Å². The van der Waals surface area contributed by atoms with Gasteiger partial charge in [0.15, 0.2) is 0 Å². The fourth-order valence-electron chi connectivity index (χ4n) is 2.74. The topological polar surface area (TPSA) is 92.4 Å². The first-order chi connectivity index (χ1) is 12.8. The summed E-state index contributed by atoms with van der Waals surface area (Å²) in [6.45, 7) is 0. The molecule has 0 spiro atoms. The molecule has 0 saturated carbocycles. The third-order valence-corrected chi connectivity index (χ3v) is 5.64. The van der Waals surface area contributed by atoms with Crippen LogP contribution in [0.15, 0.2) is 36.7 Å². The van der Waals surface area contributed by atoms with Gasteiger partial charge in [-0.1, -0.05) is 11.6 Å². The number of hydrogen-bond acceptors (Lipinski definition) is 5. The molecule has 0 unspecified atom stereocenters. The van der Waals surface area contributed by atoms with Crippen molar-refractivity contribution in [2.24, 2.45) is 7.05 Å². The molecule has 2 heterocycles. The number of rotatable bonds is 7. The fourth-order valence-corrected chi connectivity index (χ4v) is 4.04. The quantitative estimate of drug-likeness (QED) is 0.622. The lowest BCUT2D eigenvalue weighted by atomic mass is 10.0. The molecule has 3 aromatic rings. The molecule has 0 fully saturated rings. The number of ketones is 1. The van der Waals surface area contributed by atoms with Crippen LogP contribution >= 0.6 is 22.9 Å². The van der Waals surface area contributed by atoms with E-state index < -0.39 is 5.97 Å². The summed E-state index contributed by atoms with van der Waals surface area (Å²) in [6, 6.07) is 6.66. The molecule has 0 radical (unpaired) electrons. The number of Topliss-reactive ketones (excluding diaryl/α,β-unsaturated/α-hetero) is 1. The van der Waals surface area contributed by atoms with E-state index in [2.05, 4.69) is 4.98 Å². The van der Waals surface area contributed by atoms with Gasteiger partial charge in [0.2, 0.25) is 0 Å². The second-order valence-corrected chi connectivity index (χ2v) is 7.60. The van der Waals surface area contributed by atoms with Crippen LogP contribution < -0.4 is 0 Å². The fraction of sp³-hybridized carbons (Fsp3) is 0.211. The first-order valence-electron chi connectivity index (χ1n) is 8.18. The van der Waals surface area contributed by atoms with E-state index in [9.17, 15) is 19.8 Å². The highest BCUT2D eigenvalue weighted by Crippen LogP contribution is 2.32. The molecule has 0 amide bonds. The zero-order chi connectivity index (χ0) is 19.6. The summed E-state index contributed by atoms with van der Waals surface area (Å²) in [4.78, 5) is 28.7. The van der Waals surface area contributed by atoms with Crippen LogP contribution in [-0.4, -0.2) is 31.5 Å². The van der Waals surface area contributed by atoms with Gasteiger partial charge >= 0.3 is 5.97 Å². The summed E-state index contributed by atoms with van der Waals surface area (Å²) in [7, 11) is 1.72. The molecular weight excluding hydrogens is 388 g/mol. The van der Waals surface area contributed by atoms with Crippen LogP contribution in [0.1, 0.15) is 27.2 Å². The molecule has 0 bridgehead atoms. The lowest BCUT2D eigenvalue weighted by molar-refractivity contribution is -0.118. The molecule has 0 saturated heterocycles. The average Bonchev–Trinajstić information content (AvgIpc) is 3.16. The Morgan fingerprint density at radius 1 is 1.22 bits per heavy atom. The van der Waals surface area contributed by atoms with Crippen LogP contribution in [-0.2, 0) is 24.7 Å². The second-order valence-electron chi connectivity index (χ2n) is 6.16. The number of hydrogen-bond donors (Lipinski definition) is 2. The molecule has 8 heteroatoms. The molecule has 6 nitrogen and oxygen atoms in total. The molecule has 27 heavy (non-hydrogen) atoms. The highest BCUT2D eigenvalue weighted by Gasteiger charge is 2.17. The molecule has 2 aromatic heterocycles. The maximum atomic E-state index is 12.3. The molecule has 0 aliphatic rings. The Morgan fingerprint density at radius 3 is 2.59 bits per heavy atom.